The SMILES string of the molecule is Cc1cn(C(C)(C(=O)O)C2(O)COC(c3ccccc3)OC2)c(=O)n(COCc2ccccc2)c1=O. The lowest BCUT2D eigenvalue weighted by Crippen LogP contribution is -2.68. The molecule has 1 aromatic heterocycles. The smallest absolute Gasteiger partial charge is 0.334 e. The Bertz CT molecular complexity index is 1330. The molecular weight excluding hydrogens is 468 g/mol. The van der Waals surface area contributed by atoms with Crippen molar-refractivity contribution in [1.29, 1.82) is 0 Å². The number of carboxylic acids is 1. The van der Waals surface area contributed by atoms with Crippen molar-refractivity contribution in [2.24, 2.45) is 0 Å². The minimum atomic E-state index is -2.23. The molecule has 0 spiro atoms. The number of hydrogen-bond acceptors (Lipinski definition) is 7. The quantitative estimate of drug-likeness (QED) is 0.483. The molecule has 2 heterocycles. The van der Waals surface area contributed by atoms with Gasteiger partial charge in [0, 0.05) is 17.3 Å². The first kappa shape index (κ1) is 25.5. The molecule has 1 aliphatic rings. The molecule has 0 saturated carbocycles. The molecule has 0 radical (unpaired) electrons. The van der Waals surface area contributed by atoms with Gasteiger partial charge in [0.05, 0.1) is 19.8 Å². The minimum absolute atomic E-state index is 0.105. The number of ether oxygens (including phenoxy) is 3. The molecule has 0 bridgehead atoms. The van der Waals surface area contributed by atoms with E-state index < -0.39 is 54.6 Å². The number of benzene rings is 2. The lowest BCUT2D eigenvalue weighted by Gasteiger charge is -2.46. The summed E-state index contributed by atoms with van der Waals surface area (Å²) in [7, 11) is 0. The molecule has 1 aliphatic heterocycles. The fraction of sp³-hybridized carbons (Fsp3) is 0.346. The Hall–Kier alpha value is -3.57. The van der Waals surface area contributed by atoms with E-state index in [9.17, 15) is 24.6 Å². The van der Waals surface area contributed by atoms with Gasteiger partial charge in [0.2, 0.25) is 0 Å². The summed E-state index contributed by atoms with van der Waals surface area (Å²) in [6.07, 6.45) is 0.330. The van der Waals surface area contributed by atoms with Crippen molar-refractivity contribution in [3.63, 3.8) is 0 Å². The molecule has 190 valence electrons. The zero-order valence-corrected chi connectivity index (χ0v) is 20.0. The fourth-order valence-corrected chi connectivity index (χ4v) is 4.12. The highest BCUT2D eigenvalue weighted by molar-refractivity contribution is 5.78. The summed E-state index contributed by atoms with van der Waals surface area (Å²) in [6.45, 7) is 1.55. The van der Waals surface area contributed by atoms with Crippen molar-refractivity contribution in [2.75, 3.05) is 13.2 Å². The molecule has 10 heteroatoms. The first-order chi connectivity index (χ1) is 17.2. The Morgan fingerprint density at radius 3 is 2.25 bits per heavy atom. The molecule has 1 saturated heterocycles. The Morgan fingerprint density at radius 2 is 1.67 bits per heavy atom. The summed E-state index contributed by atoms with van der Waals surface area (Å²) in [4.78, 5) is 38.7. The van der Waals surface area contributed by atoms with Crippen LogP contribution in [0.25, 0.3) is 0 Å². The molecule has 1 atom stereocenters. The fourth-order valence-electron chi connectivity index (χ4n) is 4.12. The number of aliphatic carboxylic acids is 1. The topological polar surface area (TPSA) is 129 Å². The molecule has 1 unspecified atom stereocenters. The molecule has 4 rings (SSSR count). The number of hydrogen-bond donors (Lipinski definition) is 2. The van der Waals surface area contributed by atoms with Gasteiger partial charge in [-0.2, -0.15) is 0 Å². The van der Waals surface area contributed by atoms with Crippen LogP contribution in [0, 0.1) is 6.92 Å². The average Bonchev–Trinajstić information content (AvgIpc) is 2.89. The Labute approximate surface area is 206 Å². The predicted octanol–water partition coefficient (Wildman–Crippen LogP) is 1.77. The van der Waals surface area contributed by atoms with Gasteiger partial charge in [0.25, 0.3) is 5.56 Å². The summed E-state index contributed by atoms with van der Waals surface area (Å²) in [6, 6.07) is 18.2. The maximum Gasteiger partial charge on any atom is 0.334 e. The number of rotatable bonds is 8. The van der Waals surface area contributed by atoms with E-state index in [0.717, 1.165) is 20.9 Å². The third kappa shape index (κ3) is 4.63. The van der Waals surface area contributed by atoms with E-state index in [-0.39, 0.29) is 12.2 Å². The summed E-state index contributed by atoms with van der Waals surface area (Å²) in [5.41, 5.74) is -4.28. The monoisotopic (exact) mass is 496 g/mol. The molecule has 1 fully saturated rings. The van der Waals surface area contributed by atoms with Gasteiger partial charge in [0.1, 0.15) is 12.3 Å². The van der Waals surface area contributed by atoms with Crippen LogP contribution in [-0.4, -0.2) is 44.1 Å². The normalized spacial score (nSPS) is 21.6. The standard InChI is InChI=1S/C26H28N2O8/c1-18-13-28(24(32)27(21(18)29)17-34-14-19-9-5-3-6-10-19)25(2,23(30)31)26(33)15-35-22(36-16-26)20-11-7-4-8-12-20/h3-13,22,33H,14-17H2,1-2H3,(H,30,31). The molecular formula is C26H28N2O8. The number of aliphatic hydroxyl groups is 1. The lowest BCUT2D eigenvalue weighted by molar-refractivity contribution is -0.281. The van der Waals surface area contributed by atoms with Gasteiger partial charge >= 0.3 is 11.7 Å². The second-order valence-electron chi connectivity index (χ2n) is 8.93. The van der Waals surface area contributed by atoms with Gasteiger partial charge in [0.15, 0.2) is 11.8 Å². The number of aryl methyl sites for hydroxylation is 1. The molecule has 0 amide bonds. The van der Waals surface area contributed by atoms with E-state index in [1.54, 1.807) is 24.3 Å². The van der Waals surface area contributed by atoms with E-state index in [0.29, 0.717) is 5.56 Å². The van der Waals surface area contributed by atoms with Gasteiger partial charge in [-0.15, -0.1) is 0 Å². The molecule has 10 nitrogen and oxygen atoms in total. The van der Waals surface area contributed by atoms with Crippen LogP contribution in [0.5, 0.6) is 0 Å². The van der Waals surface area contributed by atoms with E-state index in [4.69, 9.17) is 14.2 Å². The second-order valence-corrected chi connectivity index (χ2v) is 8.93. The summed E-state index contributed by atoms with van der Waals surface area (Å²) in [5.74, 6) is -1.49. The first-order valence-corrected chi connectivity index (χ1v) is 11.4. The maximum atomic E-state index is 13.4. The van der Waals surface area contributed by atoms with E-state index in [1.165, 1.54) is 13.8 Å². The third-order valence-electron chi connectivity index (χ3n) is 6.50. The van der Waals surface area contributed by atoms with E-state index >= 15 is 0 Å². The summed E-state index contributed by atoms with van der Waals surface area (Å²) in [5, 5.41) is 21.7. The van der Waals surface area contributed by atoms with Crippen molar-refractivity contribution in [2.45, 2.75) is 44.6 Å². The van der Waals surface area contributed by atoms with Crippen LogP contribution in [0.4, 0.5) is 0 Å². The molecule has 2 N–H and O–H groups in total. The maximum absolute atomic E-state index is 13.4. The van der Waals surface area contributed by atoms with Crippen molar-refractivity contribution in [1.82, 2.24) is 9.13 Å². The Kier molecular flexibility index (Phi) is 7.23. The van der Waals surface area contributed by atoms with E-state index in [1.807, 2.05) is 36.4 Å². The number of nitrogens with zero attached hydrogens (tertiary/aromatic N) is 2. The van der Waals surface area contributed by atoms with Crippen molar-refractivity contribution < 1.29 is 29.2 Å². The van der Waals surface area contributed by atoms with Gasteiger partial charge in [-0.1, -0.05) is 60.7 Å². The molecule has 0 aliphatic carbocycles. The van der Waals surface area contributed by atoms with Crippen molar-refractivity contribution >= 4 is 5.97 Å². The van der Waals surface area contributed by atoms with Crippen LogP contribution in [0.2, 0.25) is 0 Å². The van der Waals surface area contributed by atoms with Crippen molar-refractivity contribution in [3.8, 4) is 0 Å². The number of carboxylic acid groups (broad SMARTS) is 1. The number of aromatic nitrogens is 2. The first-order valence-electron chi connectivity index (χ1n) is 11.4. The van der Waals surface area contributed by atoms with E-state index in [2.05, 4.69) is 0 Å². The number of carbonyl (C=O) groups is 1. The zero-order valence-electron chi connectivity index (χ0n) is 20.0. The Balaban J connectivity index is 1.65. The summed E-state index contributed by atoms with van der Waals surface area (Å²) >= 11 is 0. The van der Waals surface area contributed by atoms with Crippen LogP contribution in [-0.2, 0) is 37.9 Å². The molecule has 3 aromatic rings. The van der Waals surface area contributed by atoms with Crippen molar-refractivity contribution in [3.05, 3.63) is 104 Å². The third-order valence-corrected chi connectivity index (χ3v) is 6.50. The predicted molar refractivity (Wildman–Crippen MR) is 128 cm³/mol. The minimum Gasteiger partial charge on any atom is -0.479 e. The summed E-state index contributed by atoms with van der Waals surface area (Å²) < 4.78 is 18.6. The zero-order chi connectivity index (χ0) is 25.9. The van der Waals surface area contributed by atoms with Crippen LogP contribution < -0.4 is 11.2 Å². The highest BCUT2D eigenvalue weighted by Crippen LogP contribution is 2.37. The Morgan fingerprint density at radius 1 is 1.08 bits per heavy atom. The van der Waals surface area contributed by atoms with Gasteiger partial charge < -0.3 is 24.4 Å². The van der Waals surface area contributed by atoms with Crippen LogP contribution in [0.15, 0.2) is 76.4 Å². The van der Waals surface area contributed by atoms with Gasteiger partial charge in [-0.3, -0.25) is 9.36 Å². The molecule has 36 heavy (non-hydrogen) atoms. The highest BCUT2D eigenvalue weighted by atomic mass is 16.7. The lowest BCUT2D eigenvalue weighted by atomic mass is 9.81. The largest absolute Gasteiger partial charge is 0.479 e. The second kappa shape index (κ2) is 10.2. The molecule has 2 aromatic carbocycles. The average molecular weight is 497 g/mol. The van der Waals surface area contributed by atoms with Crippen LogP contribution in [0.3, 0.4) is 0 Å². The van der Waals surface area contributed by atoms with Gasteiger partial charge in [-0.05, 0) is 19.4 Å². The van der Waals surface area contributed by atoms with Crippen LogP contribution >= 0.6 is 0 Å². The highest BCUT2D eigenvalue weighted by Gasteiger charge is 2.58. The van der Waals surface area contributed by atoms with Gasteiger partial charge in [-0.25, -0.2) is 14.2 Å². The van der Waals surface area contributed by atoms with Crippen LogP contribution in [0.1, 0.15) is 29.9 Å².